The standard InChI is InChI=1S/C22H21F3N4O6S/c23-22(24,25)21(32)35-11-19(31)26-16(20-27-14-3-1-2-4-15(14)28-20)9-12-5-7-13(8-6-12)17-10-18(30)29-36(17,33)34/h1-8,16-17,33-34H,9-11H2,(H,26,31)(H,27,28)(H,29,30)/t16-,17?/m0/s1. The predicted octanol–water partition coefficient (Wildman–Crippen LogP) is 3.30. The van der Waals surface area contributed by atoms with Crippen LogP contribution in [0.4, 0.5) is 13.2 Å². The lowest BCUT2D eigenvalue weighted by Gasteiger charge is -2.32. The number of halogens is 3. The largest absolute Gasteiger partial charge is 0.490 e. The monoisotopic (exact) mass is 526 g/mol. The first kappa shape index (κ1) is 25.5. The van der Waals surface area contributed by atoms with Crippen LogP contribution in [0.3, 0.4) is 0 Å². The highest BCUT2D eigenvalue weighted by Gasteiger charge is 2.41. The van der Waals surface area contributed by atoms with Crippen LogP contribution < -0.4 is 10.0 Å². The molecule has 0 spiro atoms. The average molecular weight is 526 g/mol. The number of aromatic nitrogens is 2. The summed E-state index contributed by atoms with van der Waals surface area (Å²) in [4.78, 5) is 42.3. The number of hydrogen-bond donors (Lipinski definition) is 5. The number of para-hydroxylation sites is 2. The first-order valence-electron chi connectivity index (χ1n) is 10.6. The first-order chi connectivity index (χ1) is 16.9. The van der Waals surface area contributed by atoms with E-state index in [1.54, 1.807) is 48.5 Å². The summed E-state index contributed by atoms with van der Waals surface area (Å²) in [5.74, 6) is -3.57. The van der Waals surface area contributed by atoms with E-state index in [1.807, 2.05) is 0 Å². The van der Waals surface area contributed by atoms with Crippen molar-refractivity contribution in [2.45, 2.75) is 30.3 Å². The van der Waals surface area contributed by atoms with Crippen molar-refractivity contribution in [3.63, 3.8) is 0 Å². The van der Waals surface area contributed by atoms with Gasteiger partial charge in [0.15, 0.2) is 6.61 Å². The number of nitrogens with zero attached hydrogens (tertiary/aromatic N) is 1. The highest BCUT2D eigenvalue weighted by Crippen LogP contribution is 2.56. The summed E-state index contributed by atoms with van der Waals surface area (Å²) in [5.41, 5.74) is 2.48. The van der Waals surface area contributed by atoms with E-state index in [-0.39, 0.29) is 12.8 Å². The van der Waals surface area contributed by atoms with Gasteiger partial charge in [0.1, 0.15) is 11.1 Å². The third kappa shape index (κ3) is 5.78. The second-order valence-electron chi connectivity index (χ2n) is 8.09. The minimum absolute atomic E-state index is 0.0734. The lowest BCUT2D eigenvalue weighted by Crippen LogP contribution is -2.36. The molecule has 1 aliphatic heterocycles. The third-order valence-electron chi connectivity index (χ3n) is 5.46. The van der Waals surface area contributed by atoms with Gasteiger partial charge in [-0.2, -0.15) is 13.2 Å². The number of amides is 2. The smallest absolute Gasteiger partial charge is 0.449 e. The van der Waals surface area contributed by atoms with Crippen molar-refractivity contribution < 1.29 is 41.4 Å². The number of carbonyl (C=O) groups excluding carboxylic acids is 3. The molecule has 5 N–H and O–H groups in total. The van der Waals surface area contributed by atoms with Gasteiger partial charge in [-0.15, -0.1) is 10.8 Å². The van der Waals surface area contributed by atoms with E-state index in [0.29, 0.717) is 28.0 Å². The predicted molar refractivity (Wildman–Crippen MR) is 122 cm³/mol. The van der Waals surface area contributed by atoms with Gasteiger partial charge in [-0.1, -0.05) is 36.4 Å². The number of ether oxygens (including phenoxy) is 1. The molecule has 0 saturated carbocycles. The Bertz CT molecular complexity index is 1260. The van der Waals surface area contributed by atoms with Crippen LogP contribution in [0.15, 0.2) is 48.5 Å². The molecule has 3 aromatic rings. The Morgan fingerprint density at radius 1 is 1.17 bits per heavy atom. The molecule has 0 bridgehead atoms. The number of hydrogen-bond acceptors (Lipinski definition) is 7. The summed E-state index contributed by atoms with van der Waals surface area (Å²) in [7, 11) is -3.32. The number of imidazole rings is 1. The van der Waals surface area contributed by atoms with Crippen LogP contribution in [0.5, 0.6) is 0 Å². The zero-order chi connectivity index (χ0) is 26.1. The molecular weight excluding hydrogens is 505 g/mol. The van der Waals surface area contributed by atoms with Crippen LogP contribution >= 0.6 is 10.8 Å². The minimum Gasteiger partial charge on any atom is -0.449 e. The quantitative estimate of drug-likeness (QED) is 0.296. The Labute approximate surface area is 203 Å². The molecule has 1 saturated heterocycles. The molecule has 192 valence electrons. The molecule has 2 aromatic carbocycles. The average Bonchev–Trinajstić information content (AvgIpc) is 3.36. The number of alkyl halides is 3. The second-order valence-corrected chi connectivity index (χ2v) is 10.0. The van der Waals surface area contributed by atoms with E-state index in [1.165, 1.54) is 0 Å². The van der Waals surface area contributed by atoms with Gasteiger partial charge in [-0.05, 0) is 29.7 Å². The van der Waals surface area contributed by atoms with Crippen molar-refractivity contribution in [2.24, 2.45) is 0 Å². The van der Waals surface area contributed by atoms with Gasteiger partial charge >= 0.3 is 12.1 Å². The number of carbonyl (C=O) groups is 3. The van der Waals surface area contributed by atoms with Crippen molar-refractivity contribution in [2.75, 3.05) is 6.61 Å². The molecule has 1 aliphatic rings. The van der Waals surface area contributed by atoms with Crippen molar-refractivity contribution in [3.8, 4) is 0 Å². The zero-order valence-electron chi connectivity index (χ0n) is 18.4. The molecular formula is C22H21F3N4O6S. The maximum atomic E-state index is 12.4. The Hall–Kier alpha value is -3.62. The van der Waals surface area contributed by atoms with Gasteiger partial charge in [0.05, 0.1) is 23.5 Å². The number of nitrogens with one attached hydrogen (secondary N) is 3. The molecule has 2 atom stereocenters. The molecule has 0 aliphatic carbocycles. The summed E-state index contributed by atoms with van der Waals surface area (Å²) in [6, 6.07) is 12.8. The molecule has 2 heterocycles. The summed E-state index contributed by atoms with van der Waals surface area (Å²) >= 11 is 0. The zero-order valence-corrected chi connectivity index (χ0v) is 19.2. The molecule has 10 nitrogen and oxygen atoms in total. The maximum absolute atomic E-state index is 12.4. The Balaban J connectivity index is 1.52. The van der Waals surface area contributed by atoms with Crippen molar-refractivity contribution >= 4 is 39.6 Å². The molecule has 1 aromatic heterocycles. The fourth-order valence-electron chi connectivity index (χ4n) is 3.78. The SMILES string of the molecule is O=C(COC(=O)C(F)(F)F)N[C@@H](Cc1ccc(C2CC(=O)NS2(O)O)cc1)c1nc2ccccc2[nH]1. The van der Waals surface area contributed by atoms with E-state index in [2.05, 4.69) is 24.7 Å². The number of aromatic amines is 1. The maximum Gasteiger partial charge on any atom is 0.490 e. The van der Waals surface area contributed by atoms with Crippen molar-refractivity contribution in [3.05, 3.63) is 65.5 Å². The summed E-state index contributed by atoms with van der Waals surface area (Å²) in [6.45, 7) is -1.13. The van der Waals surface area contributed by atoms with Crippen LogP contribution in [0.1, 0.15) is 34.7 Å². The van der Waals surface area contributed by atoms with Gasteiger partial charge < -0.3 is 15.0 Å². The number of rotatable bonds is 7. The summed E-state index contributed by atoms with van der Waals surface area (Å²) in [6.07, 6.45) is -5.14. The van der Waals surface area contributed by atoms with Crippen molar-refractivity contribution in [1.82, 2.24) is 20.0 Å². The molecule has 14 heteroatoms. The van der Waals surface area contributed by atoms with E-state index >= 15 is 0 Å². The van der Waals surface area contributed by atoms with Crippen LogP contribution in [0.2, 0.25) is 0 Å². The second kappa shape index (κ2) is 9.79. The lowest BCUT2D eigenvalue weighted by molar-refractivity contribution is -0.200. The minimum atomic E-state index is -5.22. The van der Waals surface area contributed by atoms with E-state index in [9.17, 15) is 36.7 Å². The normalized spacial score (nSPS) is 18.9. The molecule has 4 rings (SSSR count). The van der Waals surface area contributed by atoms with Gasteiger partial charge in [0, 0.05) is 0 Å². The van der Waals surface area contributed by atoms with Crippen LogP contribution in [-0.2, 0) is 25.5 Å². The number of benzene rings is 2. The number of esters is 1. The Kier molecular flexibility index (Phi) is 6.93. The number of fused-ring (bicyclic) bond motifs is 1. The van der Waals surface area contributed by atoms with Crippen molar-refractivity contribution in [1.29, 1.82) is 0 Å². The van der Waals surface area contributed by atoms with E-state index in [0.717, 1.165) is 0 Å². The van der Waals surface area contributed by atoms with Gasteiger partial charge in [0.25, 0.3) is 5.91 Å². The summed E-state index contributed by atoms with van der Waals surface area (Å²) in [5, 5.41) is 1.73. The van der Waals surface area contributed by atoms with Crippen LogP contribution in [0.25, 0.3) is 11.0 Å². The molecule has 2 amide bonds. The molecule has 1 unspecified atom stereocenters. The third-order valence-corrected chi connectivity index (χ3v) is 7.22. The van der Waals surface area contributed by atoms with Gasteiger partial charge in [-0.3, -0.25) is 23.4 Å². The molecule has 36 heavy (non-hydrogen) atoms. The van der Waals surface area contributed by atoms with Gasteiger partial charge in [-0.25, -0.2) is 9.78 Å². The molecule has 0 radical (unpaired) electrons. The van der Waals surface area contributed by atoms with Crippen LogP contribution in [-0.4, -0.2) is 49.6 Å². The highest BCUT2D eigenvalue weighted by atomic mass is 32.3. The lowest BCUT2D eigenvalue weighted by atomic mass is 10.0. The first-order valence-corrected chi connectivity index (χ1v) is 12.2. The fourth-order valence-corrected chi connectivity index (χ4v) is 5.26. The Morgan fingerprint density at radius 3 is 2.47 bits per heavy atom. The Morgan fingerprint density at radius 2 is 1.86 bits per heavy atom. The topological polar surface area (TPSA) is 154 Å². The van der Waals surface area contributed by atoms with E-state index < -0.39 is 52.6 Å². The summed E-state index contributed by atoms with van der Waals surface area (Å²) < 4.78 is 63.5. The van der Waals surface area contributed by atoms with Crippen LogP contribution in [0, 0.1) is 0 Å². The van der Waals surface area contributed by atoms with E-state index in [4.69, 9.17) is 0 Å². The highest BCUT2D eigenvalue weighted by molar-refractivity contribution is 8.23. The number of H-pyrrole nitrogens is 1. The van der Waals surface area contributed by atoms with Gasteiger partial charge in [0.2, 0.25) is 5.91 Å². The fraction of sp³-hybridized carbons (Fsp3) is 0.273. The molecule has 1 fully saturated rings.